The Labute approximate surface area is 143 Å². The molecule has 2 aromatic heterocycles. The Balaban J connectivity index is 2.02. The van der Waals surface area contributed by atoms with Gasteiger partial charge in [0.05, 0.1) is 6.42 Å². The SMILES string of the molecule is Cc1ccc(-n2c(SCCC(=O)O)nnc2-c2cccnc2)cc1. The van der Waals surface area contributed by atoms with Crippen molar-refractivity contribution in [3.05, 3.63) is 54.4 Å². The van der Waals surface area contributed by atoms with Crippen molar-refractivity contribution in [2.75, 3.05) is 5.75 Å². The summed E-state index contributed by atoms with van der Waals surface area (Å²) in [5, 5.41) is 18.0. The van der Waals surface area contributed by atoms with Gasteiger partial charge >= 0.3 is 5.97 Å². The largest absolute Gasteiger partial charge is 0.481 e. The minimum absolute atomic E-state index is 0.0770. The van der Waals surface area contributed by atoms with Crippen LogP contribution in [0, 0.1) is 6.92 Å². The third-order valence-electron chi connectivity index (χ3n) is 3.39. The summed E-state index contributed by atoms with van der Waals surface area (Å²) >= 11 is 1.38. The van der Waals surface area contributed by atoms with E-state index in [0.717, 1.165) is 16.8 Å². The van der Waals surface area contributed by atoms with Crippen LogP contribution in [-0.4, -0.2) is 36.6 Å². The summed E-state index contributed by atoms with van der Waals surface area (Å²) in [5.41, 5.74) is 2.95. The number of thioether (sulfide) groups is 1. The summed E-state index contributed by atoms with van der Waals surface area (Å²) in [6.07, 6.45) is 3.52. The van der Waals surface area contributed by atoms with Crippen LogP contribution in [0.1, 0.15) is 12.0 Å². The van der Waals surface area contributed by atoms with Gasteiger partial charge in [0, 0.05) is 29.4 Å². The van der Waals surface area contributed by atoms with Gasteiger partial charge in [-0.3, -0.25) is 14.3 Å². The summed E-state index contributed by atoms with van der Waals surface area (Å²) in [4.78, 5) is 14.9. The van der Waals surface area contributed by atoms with Crippen molar-refractivity contribution < 1.29 is 9.90 Å². The zero-order valence-corrected chi connectivity index (χ0v) is 13.9. The fraction of sp³-hybridized carbons (Fsp3) is 0.176. The average molecular weight is 340 g/mol. The molecular weight excluding hydrogens is 324 g/mol. The molecule has 0 aliphatic heterocycles. The normalized spacial score (nSPS) is 10.7. The summed E-state index contributed by atoms with van der Waals surface area (Å²) in [5.74, 6) is 0.299. The quantitative estimate of drug-likeness (QED) is 0.694. The molecule has 6 nitrogen and oxygen atoms in total. The first-order chi connectivity index (χ1) is 11.6. The number of rotatable bonds is 6. The van der Waals surface area contributed by atoms with Crippen LogP contribution in [0.25, 0.3) is 17.1 Å². The van der Waals surface area contributed by atoms with Gasteiger partial charge < -0.3 is 5.11 Å². The Morgan fingerprint density at radius 3 is 2.67 bits per heavy atom. The number of hydrogen-bond donors (Lipinski definition) is 1. The highest BCUT2D eigenvalue weighted by Gasteiger charge is 2.16. The van der Waals surface area contributed by atoms with Crippen LogP contribution in [0.3, 0.4) is 0 Å². The molecule has 0 spiro atoms. The van der Waals surface area contributed by atoms with E-state index in [9.17, 15) is 4.79 Å². The van der Waals surface area contributed by atoms with E-state index in [2.05, 4.69) is 15.2 Å². The van der Waals surface area contributed by atoms with E-state index in [0.29, 0.717) is 16.7 Å². The van der Waals surface area contributed by atoms with Crippen molar-refractivity contribution in [3.63, 3.8) is 0 Å². The van der Waals surface area contributed by atoms with E-state index in [4.69, 9.17) is 5.11 Å². The number of nitrogens with zero attached hydrogens (tertiary/aromatic N) is 4. The van der Waals surface area contributed by atoms with Crippen LogP contribution in [0.15, 0.2) is 53.9 Å². The van der Waals surface area contributed by atoms with Crippen molar-refractivity contribution in [1.29, 1.82) is 0 Å². The van der Waals surface area contributed by atoms with Gasteiger partial charge in [0.15, 0.2) is 11.0 Å². The Morgan fingerprint density at radius 1 is 1.21 bits per heavy atom. The van der Waals surface area contributed by atoms with Gasteiger partial charge in [0.25, 0.3) is 0 Å². The predicted octanol–water partition coefficient (Wildman–Crippen LogP) is 3.20. The second kappa shape index (κ2) is 7.27. The zero-order valence-electron chi connectivity index (χ0n) is 13.1. The number of hydrogen-bond acceptors (Lipinski definition) is 5. The lowest BCUT2D eigenvalue weighted by Crippen LogP contribution is -2.01. The lowest BCUT2D eigenvalue weighted by Gasteiger charge is -2.10. The highest BCUT2D eigenvalue weighted by molar-refractivity contribution is 7.99. The molecule has 0 unspecified atom stereocenters. The van der Waals surface area contributed by atoms with E-state index >= 15 is 0 Å². The van der Waals surface area contributed by atoms with E-state index in [1.54, 1.807) is 12.4 Å². The van der Waals surface area contributed by atoms with E-state index in [1.807, 2.05) is 47.9 Å². The maximum Gasteiger partial charge on any atom is 0.304 e. The Kier molecular flexibility index (Phi) is 4.90. The Bertz CT molecular complexity index is 832. The minimum atomic E-state index is -0.823. The molecule has 7 heteroatoms. The van der Waals surface area contributed by atoms with Gasteiger partial charge in [-0.1, -0.05) is 29.5 Å². The van der Waals surface area contributed by atoms with Gasteiger partial charge in [-0.25, -0.2) is 0 Å². The molecule has 0 aliphatic carbocycles. The molecule has 0 saturated heterocycles. The first-order valence-electron chi connectivity index (χ1n) is 7.42. The number of pyridine rings is 1. The summed E-state index contributed by atoms with van der Waals surface area (Å²) in [6.45, 7) is 2.03. The molecular formula is C17H16N4O2S. The number of carboxylic acids is 1. The molecule has 0 fully saturated rings. The highest BCUT2D eigenvalue weighted by atomic mass is 32.2. The van der Waals surface area contributed by atoms with Crippen LogP contribution < -0.4 is 0 Å². The van der Waals surface area contributed by atoms with Crippen LogP contribution in [-0.2, 0) is 4.79 Å². The first-order valence-corrected chi connectivity index (χ1v) is 8.41. The molecule has 2 heterocycles. The van der Waals surface area contributed by atoms with Crippen molar-refractivity contribution in [2.45, 2.75) is 18.5 Å². The van der Waals surface area contributed by atoms with Gasteiger partial charge in [-0.15, -0.1) is 10.2 Å². The third kappa shape index (κ3) is 3.62. The van der Waals surface area contributed by atoms with Crippen LogP contribution in [0.4, 0.5) is 0 Å². The molecule has 122 valence electrons. The van der Waals surface area contributed by atoms with E-state index < -0.39 is 5.97 Å². The molecule has 1 N–H and O–H groups in total. The lowest BCUT2D eigenvalue weighted by atomic mass is 10.2. The fourth-order valence-corrected chi connectivity index (χ4v) is 3.08. The number of carbonyl (C=O) groups is 1. The molecule has 0 atom stereocenters. The lowest BCUT2D eigenvalue weighted by molar-refractivity contribution is -0.136. The van der Waals surface area contributed by atoms with Crippen LogP contribution in [0.2, 0.25) is 0 Å². The van der Waals surface area contributed by atoms with Crippen LogP contribution in [0.5, 0.6) is 0 Å². The highest BCUT2D eigenvalue weighted by Crippen LogP contribution is 2.28. The molecule has 3 rings (SSSR count). The van der Waals surface area contributed by atoms with Gasteiger partial charge in [0.2, 0.25) is 0 Å². The summed E-state index contributed by atoms with van der Waals surface area (Å²) in [7, 11) is 0. The van der Waals surface area contributed by atoms with Gasteiger partial charge in [-0.2, -0.15) is 0 Å². The van der Waals surface area contributed by atoms with Gasteiger partial charge in [0.1, 0.15) is 0 Å². The van der Waals surface area contributed by atoms with Crippen molar-refractivity contribution in [3.8, 4) is 17.1 Å². The number of carboxylic acid groups (broad SMARTS) is 1. The molecule has 3 aromatic rings. The topological polar surface area (TPSA) is 80.9 Å². The number of aromatic nitrogens is 4. The Morgan fingerprint density at radius 2 is 2.00 bits per heavy atom. The molecule has 0 bridgehead atoms. The smallest absolute Gasteiger partial charge is 0.304 e. The number of aryl methyl sites for hydroxylation is 1. The molecule has 24 heavy (non-hydrogen) atoms. The fourth-order valence-electron chi connectivity index (χ4n) is 2.20. The third-order valence-corrected chi connectivity index (χ3v) is 4.32. The Hall–Kier alpha value is -2.67. The second-order valence-corrected chi connectivity index (χ2v) is 6.27. The predicted molar refractivity (Wildman–Crippen MR) is 92.3 cm³/mol. The average Bonchev–Trinajstić information content (AvgIpc) is 3.00. The molecule has 0 aliphatic rings. The molecule has 0 amide bonds. The molecule has 1 aromatic carbocycles. The first kappa shape index (κ1) is 16.2. The maximum atomic E-state index is 10.7. The summed E-state index contributed by atoms with van der Waals surface area (Å²) < 4.78 is 1.93. The van der Waals surface area contributed by atoms with Crippen molar-refractivity contribution in [2.24, 2.45) is 0 Å². The standard InChI is InChI=1S/C17H16N4O2S/c1-12-4-6-14(7-5-12)21-16(13-3-2-9-18-11-13)19-20-17(21)24-10-8-15(22)23/h2-7,9,11H,8,10H2,1H3,(H,22,23). The minimum Gasteiger partial charge on any atom is -0.481 e. The maximum absolute atomic E-state index is 10.7. The van der Waals surface area contributed by atoms with Crippen molar-refractivity contribution in [1.82, 2.24) is 19.7 Å². The molecule has 0 radical (unpaired) electrons. The van der Waals surface area contributed by atoms with Crippen molar-refractivity contribution >= 4 is 17.7 Å². The summed E-state index contributed by atoms with van der Waals surface area (Å²) in [6, 6.07) is 11.8. The van der Waals surface area contributed by atoms with E-state index in [1.165, 1.54) is 11.8 Å². The second-order valence-electron chi connectivity index (χ2n) is 5.21. The molecule has 0 saturated carbocycles. The van der Waals surface area contributed by atoms with Crippen LogP contribution >= 0.6 is 11.8 Å². The zero-order chi connectivity index (χ0) is 16.9. The monoisotopic (exact) mass is 340 g/mol. The van der Waals surface area contributed by atoms with Gasteiger partial charge in [-0.05, 0) is 31.2 Å². The van der Waals surface area contributed by atoms with E-state index in [-0.39, 0.29) is 6.42 Å². The number of benzene rings is 1. The number of aliphatic carboxylic acids is 1.